The molecule has 0 heterocycles. The highest BCUT2D eigenvalue weighted by Crippen LogP contribution is 2.09. The van der Waals surface area contributed by atoms with Crippen LogP contribution >= 0.6 is 0 Å². The van der Waals surface area contributed by atoms with Crippen molar-refractivity contribution in [3.8, 4) is 0 Å². The fourth-order valence-electron chi connectivity index (χ4n) is 1.28. The van der Waals surface area contributed by atoms with Crippen LogP contribution in [-0.2, 0) is 14.0 Å². The minimum absolute atomic E-state index is 0.306. The zero-order valence-electron chi connectivity index (χ0n) is 11.2. The van der Waals surface area contributed by atoms with Gasteiger partial charge in [0.15, 0.2) is 8.32 Å². The van der Waals surface area contributed by atoms with E-state index in [-0.39, 0.29) is 5.97 Å². The summed E-state index contributed by atoms with van der Waals surface area (Å²) in [5.74, 6) is -0.306. The fourth-order valence-corrected chi connectivity index (χ4v) is 2.07. The van der Waals surface area contributed by atoms with Crippen molar-refractivity contribution in [1.82, 2.24) is 0 Å². The standard InChI is InChI=1S/C14H20O3Si/c1-16-18(2,3)12-11-17-14(15)10-9-13-7-5-4-6-8-13/h4-10H,11-12H2,1-3H3. The van der Waals surface area contributed by atoms with E-state index in [1.165, 1.54) is 6.08 Å². The van der Waals surface area contributed by atoms with Crippen molar-refractivity contribution in [1.29, 1.82) is 0 Å². The van der Waals surface area contributed by atoms with Gasteiger partial charge in [-0.25, -0.2) is 4.79 Å². The van der Waals surface area contributed by atoms with Crippen molar-refractivity contribution >= 4 is 20.4 Å². The van der Waals surface area contributed by atoms with E-state index in [2.05, 4.69) is 13.1 Å². The van der Waals surface area contributed by atoms with Crippen molar-refractivity contribution in [3.05, 3.63) is 42.0 Å². The molecule has 0 bridgehead atoms. The van der Waals surface area contributed by atoms with Gasteiger partial charge in [-0.1, -0.05) is 30.3 Å². The summed E-state index contributed by atoms with van der Waals surface area (Å²) in [5.41, 5.74) is 0.987. The molecule has 0 aliphatic carbocycles. The Bertz CT molecular complexity index is 399. The number of carbonyl (C=O) groups excluding carboxylic acids is 1. The number of carbonyl (C=O) groups is 1. The molecule has 4 heteroatoms. The Balaban J connectivity index is 2.32. The smallest absolute Gasteiger partial charge is 0.330 e. The highest BCUT2D eigenvalue weighted by atomic mass is 28.4. The molecule has 0 spiro atoms. The fraction of sp³-hybridized carbons (Fsp3) is 0.357. The summed E-state index contributed by atoms with van der Waals surface area (Å²) in [6.07, 6.45) is 3.21. The van der Waals surface area contributed by atoms with Gasteiger partial charge in [-0.2, -0.15) is 0 Å². The van der Waals surface area contributed by atoms with Crippen molar-refractivity contribution in [2.24, 2.45) is 0 Å². The Kier molecular flexibility index (Phi) is 5.81. The van der Waals surface area contributed by atoms with Crippen LogP contribution in [0.3, 0.4) is 0 Å². The van der Waals surface area contributed by atoms with E-state index < -0.39 is 8.32 Å². The Morgan fingerprint density at radius 1 is 1.28 bits per heavy atom. The molecule has 0 unspecified atom stereocenters. The lowest BCUT2D eigenvalue weighted by molar-refractivity contribution is -0.137. The molecule has 0 saturated heterocycles. The lowest BCUT2D eigenvalue weighted by atomic mass is 10.2. The number of ether oxygens (including phenoxy) is 1. The van der Waals surface area contributed by atoms with Gasteiger partial charge in [0.1, 0.15) is 0 Å². The molecule has 0 aliphatic rings. The lowest BCUT2D eigenvalue weighted by Crippen LogP contribution is -2.30. The highest BCUT2D eigenvalue weighted by molar-refractivity contribution is 6.71. The third-order valence-electron chi connectivity index (χ3n) is 2.71. The zero-order valence-corrected chi connectivity index (χ0v) is 12.2. The van der Waals surface area contributed by atoms with Crippen LogP contribution in [0.25, 0.3) is 6.08 Å². The van der Waals surface area contributed by atoms with E-state index in [0.717, 1.165) is 11.6 Å². The topological polar surface area (TPSA) is 35.5 Å². The van der Waals surface area contributed by atoms with Gasteiger partial charge in [0.05, 0.1) is 6.61 Å². The summed E-state index contributed by atoms with van der Waals surface area (Å²) in [7, 11) is 0.0793. The number of benzene rings is 1. The average Bonchev–Trinajstić information content (AvgIpc) is 2.37. The Morgan fingerprint density at radius 3 is 2.56 bits per heavy atom. The van der Waals surface area contributed by atoms with E-state index in [1.807, 2.05) is 30.3 Å². The van der Waals surface area contributed by atoms with Gasteiger partial charge in [-0.05, 0) is 24.7 Å². The van der Waals surface area contributed by atoms with Crippen LogP contribution < -0.4 is 0 Å². The molecule has 0 saturated carbocycles. The third kappa shape index (κ3) is 5.79. The van der Waals surface area contributed by atoms with Crippen LogP contribution in [0, 0.1) is 0 Å². The molecule has 0 aliphatic heterocycles. The second-order valence-electron chi connectivity index (χ2n) is 4.63. The molecule has 0 aromatic heterocycles. The van der Waals surface area contributed by atoms with Crippen LogP contribution in [0.1, 0.15) is 5.56 Å². The normalized spacial score (nSPS) is 11.7. The van der Waals surface area contributed by atoms with Gasteiger partial charge in [0.2, 0.25) is 0 Å². The molecular weight excluding hydrogens is 244 g/mol. The summed E-state index contributed by atoms with van der Waals surface area (Å²) in [6, 6.07) is 10.5. The van der Waals surface area contributed by atoms with Crippen molar-refractivity contribution in [2.45, 2.75) is 19.1 Å². The second-order valence-corrected chi connectivity index (χ2v) is 9.05. The van der Waals surface area contributed by atoms with Crippen LogP contribution in [0.2, 0.25) is 19.1 Å². The molecule has 1 rings (SSSR count). The highest BCUT2D eigenvalue weighted by Gasteiger charge is 2.20. The summed E-state index contributed by atoms with van der Waals surface area (Å²) in [6.45, 7) is 4.62. The van der Waals surface area contributed by atoms with Gasteiger partial charge >= 0.3 is 5.97 Å². The van der Waals surface area contributed by atoms with Crippen LogP contribution in [-0.4, -0.2) is 28.0 Å². The Hall–Kier alpha value is -1.39. The number of rotatable bonds is 6. The van der Waals surface area contributed by atoms with E-state index in [0.29, 0.717) is 6.61 Å². The molecule has 18 heavy (non-hydrogen) atoms. The van der Waals surface area contributed by atoms with E-state index in [4.69, 9.17) is 9.16 Å². The van der Waals surface area contributed by atoms with Gasteiger partial charge in [0.25, 0.3) is 0 Å². The summed E-state index contributed by atoms with van der Waals surface area (Å²) in [5, 5.41) is 0. The molecule has 0 atom stereocenters. The minimum atomic E-state index is -1.63. The first kappa shape index (κ1) is 14.7. The van der Waals surface area contributed by atoms with Crippen molar-refractivity contribution < 1.29 is 14.0 Å². The Morgan fingerprint density at radius 2 is 1.94 bits per heavy atom. The zero-order chi connectivity index (χ0) is 13.4. The molecule has 0 N–H and O–H groups in total. The number of hydrogen-bond acceptors (Lipinski definition) is 3. The largest absolute Gasteiger partial charge is 0.463 e. The van der Waals surface area contributed by atoms with Crippen molar-refractivity contribution in [2.75, 3.05) is 13.7 Å². The molecule has 1 aromatic rings. The van der Waals surface area contributed by atoms with Crippen molar-refractivity contribution in [3.63, 3.8) is 0 Å². The molecule has 1 aromatic carbocycles. The molecular formula is C14H20O3Si. The predicted octanol–water partition coefficient (Wildman–Crippen LogP) is 3.09. The van der Waals surface area contributed by atoms with E-state index in [1.54, 1.807) is 13.2 Å². The SMILES string of the molecule is CO[Si](C)(C)CCOC(=O)C=Cc1ccccc1. The maximum atomic E-state index is 11.5. The van der Waals surface area contributed by atoms with Crippen LogP contribution in [0.4, 0.5) is 0 Å². The molecule has 0 amide bonds. The van der Waals surface area contributed by atoms with Crippen LogP contribution in [0.15, 0.2) is 36.4 Å². The quantitative estimate of drug-likeness (QED) is 0.450. The van der Waals surface area contributed by atoms with Crippen LogP contribution in [0.5, 0.6) is 0 Å². The second kappa shape index (κ2) is 7.13. The minimum Gasteiger partial charge on any atom is -0.463 e. The lowest BCUT2D eigenvalue weighted by Gasteiger charge is -2.18. The predicted molar refractivity (Wildman–Crippen MR) is 75.7 cm³/mol. The van der Waals surface area contributed by atoms with E-state index >= 15 is 0 Å². The first-order chi connectivity index (χ1) is 8.53. The van der Waals surface area contributed by atoms with Gasteiger partial charge in [-0.15, -0.1) is 0 Å². The third-order valence-corrected chi connectivity index (χ3v) is 5.23. The van der Waals surface area contributed by atoms with Gasteiger partial charge < -0.3 is 9.16 Å². The average molecular weight is 264 g/mol. The van der Waals surface area contributed by atoms with Gasteiger partial charge in [-0.3, -0.25) is 0 Å². The summed E-state index contributed by atoms with van der Waals surface area (Å²) in [4.78, 5) is 11.5. The molecule has 0 fully saturated rings. The maximum Gasteiger partial charge on any atom is 0.330 e. The molecule has 3 nitrogen and oxygen atoms in total. The maximum absolute atomic E-state index is 11.5. The number of hydrogen-bond donors (Lipinski definition) is 0. The number of esters is 1. The van der Waals surface area contributed by atoms with Gasteiger partial charge in [0, 0.05) is 19.2 Å². The summed E-state index contributed by atoms with van der Waals surface area (Å²) < 4.78 is 10.5. The monoisotopic (exact) mass is 264 g/mol. The van der Waals surface area contributed by atoms with E-state index in [9.17, 15) is 4.79 Å². The first-order valence-corrected chi connectivity index (χ1v) is 9.10. The first-order valence-electron chi connectivity index (χ1n) is 5.98. The molecule has 98 valence electrons. The molecule has 0 radical (unpaired) electrons. The summed E-state index contributed by atoms with van der Waals surface area (Å²) >= 11 is 0. The Labute approximate surface area is 110 Å².